The number of hydrogen-bond donors (Lipinski definition) is 0. The molecule has 3 aromatic carbocycles. The van der Waals surface area contributed by atoms with Crippen molar-refractivity contribution in [3.05, 3.63) is 111 Å². The molecule has 1 aliphatic carbocycles. The van der Waals surface area contributed by atoms with Gasteiger partial charge >= 0.3 is 5.97 Å². The molecule has 0 N–H and O–H groups in total. The molecule has 1 aliphatic rings. The van der Waals surface area contributed by atoms with Gasteiger partial charge in [0.15, 0.2) is 5.78 Å². The van der Waals surface area contributed by atoms with Gasteiger partial charge in [0, 0.05) is 28.8 Å². The van der Waals surface area contributed by atoms with E-state index in [2.05, 4.69) is 0 Å². The number of ether oxygens (including phenoxy) is 1. The molecule has 0 atom stereocenters. The second-order valence-corrected chi connectivity index (χ2v) is 6.46. The van der Waals surface area contributed by atoms with Crippen molar-refractivity contribution in [3.63, 3.8) is 0 Å². The monoisotopic (exact) mass is 399 g/mol. The van der Waals surface area contributed by atoms with Crippen LogP contribution in [0.15, 0.2) is 84.4 Å². The summed E-state index contributed by atoms with van der Waals surface area (Å²) in [5.74, 6) is -2.05. The van der Waals surface area contributed by atoms with Crippen LogP contribution in [0.2, 0.25) is 0 Å². The smallest absolute Gasteiger partial charge is 0.348 e. The van der Waals surface area contributed by atoms with Crippen LogP contribution in [0.5, 0.6) is 5.75 Å². The Morgan fingerprint density at radius 3 is 1.93 bits per heavy atom. The summed E-state index contributed by atoms with van der Waals surface area (Å²) in [5, 5.41) is 10.8. The first kappa shape index (κ1) is 18.9. The maximum atomic E-state index is 13.2. The SMILES string of the molecule is O=C(Oc1ccc([N+](=O)[O-])cc1)C1=C(c2ccccc2)C(=O)c2ccccc2C1=O. The van der Waals surface area contributed by atoms with Gasteiger partial charge in [0.2, 0.25) is 5.78 Å². The molecule has 0 fully saturated rings. The third kappa shape index (κ3) is 3.29. The Bertz CT molecular complexity index is 1230. The lowest BCUT2D eigenvalue weighted by Gasteiger charge is -2.20. The van der Waals surface area contributed by atoms with Crippen LogP contribution in [-0.2, 0) is 4.79 Å². The minimum atomic E-state index is -1.00. The number of hydrogen-bond acceptors (Lipinski definition) is 6. The number of carbonyl (C=O) groups excluding carboxylic acids is 3. The largest absolute Gasteiger partial charge is 0.423 e. The fraction of sp³-hybridized carbons (Fsp3) is 0. The molecule has 0 bridgehead atoms. The third-order valence-electron chi connectivity index (χ3n) is 4.65. The zero-order chi connectivity index (χ0) is 21.3. The number of nitro benzene ring substituents is 1. The van der Waals surface area contributed by atoms with Gasteiger partial charge in [-0.2, -0.15) is 0 Å². The van der Waals surface area contributed by atoms with Crippen molar-refractivity contribution in [1.82, 2.24) is 0 Å². The van der Waals surface area contributed by atoms with Gasteiger partial charge in [-0.3, -0.25) is 19.7 Å². The number of non-ortho nitro benzene ring substituents is 1. The molecule has 0 aromatic heterocycles. The molecule has 4 rings (SSSR count). The Kier molecular flexibility index (Phi) is 4.77. The summed E-state index contributed by atoms with van der Waals surface area (Å²) in [5.41, 5.74) is 0.179. The molecule has 0 radical (unpaired) electrons. The van der Waals surface area contributed by atoms with Crippen molar-refractivity contribution in [2.45, 2.75) is 0 Å². The molecule has 146 valence electrons. The maximum absolute atomic E-state index is 13.2. The minimum absolute atomic E-state index is 0.0182. The number of allylic oxidation sites excluding steroid dienone is 1. The highest BCUT2D eigenvalue weighted by Gasteiger charge is 2.37. The summed E-state index contributed by atoms with van der Waals surface area (Å²) in [6.07, 6.45) is 0. The molecule has 7 heteroatoms. The van der Waals surface area contributed by atoms with Crippen molar-refractivity contribution < 1.29 is 24.0 Å². The summed E-state index contributed by atoms with van der Waals surface area (Å²) < 4.78 is 5.28. The Hall–Kier alpha value is -4.39. The van der Waals surface area contributed by atoms with Crippen molar-refractivity contribution in [1.29, 1.82) is 0 Å². The molecule has 3 aromatic rings. The van der Waals surface area contributed by atoms with E-state index in [0.717, 1.165) is 0 Å². The van der Waals surface area contributed by atoms with Gasteiger partial charge in [-0.15, -0.1) is 0 Å². The van der Waals surface area contributed by atoms with Crippen LogP contribution >= 0.6 is 0 Å². The molecular formula is C23H13NO6. The molecule has 0 amide bonds. The number of rotatable bonds is 4. The molecule has 0 unspecified atom stereocenters. The second-order valence-electron chi connectivity index (χ2n) is 6.46. The van der Waals surface area contributed by atoms with Crippen LogP contribution < -0.4 is 4.74 Å². The molecule has 0 saturated heterocycles. The molecule has 30 heavy (non-hydrogen) atoms. The van der Waals surface area contributed by atoms with Crippen LogP contribution in [0, 0.1) is 10.1 Å². The Morgan fingerprint density at radius 1 is 0.767 bits per heavy atom. The average molecular weight is 399 g/mol. The van der Waals surface area contributed by atoms with E-state index in [4.69, 9.17) is 4.74 Å². The number of fused-ring (bicyclic) bond motifs is 1. The van der Waals surface area contributed by atoms with E-state index in [1.165, 1.54) is 36.4 Å². The first-order valence-corrected chi connectivity index (χ1v) is 8.92. The van der Waals surface area contributed by atoms with Gasteiger partial charge in [0.25, 0.3) is 5.69 Å². The fourth-order valence-electron chi connectivity index (χ4n) is 3.24. The van der Waals surface area contributed by atoms with E-state index in [-0.39, 0.29) is 33.7 Å². The molecule has 0 heterocycles. The lowest BCUT2D eigenvalue weighted by Crippen LogP contribution is -2.28. The van der Waals surface area contributed by atoms with E-state index in [0.29, 0.717) is 5.56 Å². The first-order chi connectivity index (χ1) is 14.5. The number of esters is 1. The van der Waals surface area contributed by atoms with E-state index in [1.54, 1.807) is 42.5 Å². The van der Waals surface area contributed by atoms with Crippen molar-refractivity contribution >= 4 is 28.8 Å². The van der Waals surface area contributed by atoms with Crippen LogP contribution in [0.25, 0.3) is 5.57 Å². The normalized spacial score (nSPS) is 13.1. The number of benzene rings is 3. The highest BCUT2D eigenvalue weighted by atomic mass is 16.6. The minimum Gasteiger partial charge on any atom is -0.423 e. The van der Waals surface area contributed by atoms with Gasteiger partial charge in [-0.05, 0) is 17.7 Å². The topological polar surface area (TPSA) is 104 Å². The van der Waals surface area contributed by atoms with Crippen LogP contribution in [0.3, 0.4) is 0 Å². The van der Waals surface area contributed by atoms with Crippen LogP contribution in [0.4, 0.5) is 5.69 Å². The van der Waals surface area contributed by atoms with Crippen molar-refractivity contribution in [3.8, 4) is 5.75 Å². The number of ketones is 2. The van der Waals surface area contributed by atoms with E-state index in [1.807, 2.05) is 0 Å². The molecular weight excluding hydrogens is 386 g/mol. The summed E-state index contributed by atoms with van der Waals surface area (Å²) in [4.78, 5) is 49.4. The molecule has 7 nitrogen and oxygen atoms in total. The molecule has 0 saturated carbocycles. The third-order valence-corrected chi connectivity index (χ3v) is 4.65. The maximum Gasteiger partial charge on any atom is 0.348 e. The molecule has 0 aliphatic heterocycles. The van der Waals surface area contributed by atoms with Gasteiger partial charge in [0.05, 0.1) is 4.92 Å². The quantitative estimate of drug-likeness (QED) is 0.216. The molecule has 0 spiro atoms. The second kappa shape index (κ2) is 7.56. The van der Waals surface area contributed by atoms with Crippen molar-refractivity contribution in [2.75, 3.05) is 0 Å². The Balaban J connectivity index is 1.80. The van der Waals surface area contributed by atoms with Gasteiger partial charge in [0.1, 0.15) is 11.3 Å². The van der Waals surface area contributed by atoms with E-state index < -0.39 is 22.5 Å². The number of nitro groups is 1. The zero-order valence-corrected chi connectivity index (χ0v) is 15.4. The summed E-state index contributed by atoms with van der Waals surface area (Å²) in [6.45, 7) is 0. The number of nitrogens with zero attached hydrogens (tertiary/aromatic N) is 1. The lowest BCUT2D eigenvalue weighted by molar-refractivity contribution is -0.384. The highest BCUT2D eigenvalue weighted by Crippen LogP contribution is 2.33. The lowest BCUT2D eigenvalue weighted by atomic mass is 9.81. The Labute approximate surface area is 170 Å². The average Bonchev–Trinajstić information content (AvgIpc) is 2.77. The van der Waals surface area contributed by atoms with Gasteiger partial charge in [-0.25, -0.2) is 4.79 Å². The van der Waals surface area contributed by atoms with Gasteiger partial charge in [-0.1, -0.05) is 54.6 Å². The summed E-state index contributed by atoms with van der Waals surface area (Å²) in [7, 11) is 0. The first-order valence-electron chi connectivity index (χ1n) is 8.92. The number of carbonyl (C=O) groups is 3. The van der Waals surface area contributed by atoms with Gasteiger partial charge < -0.3 is 4.74 Å². The Morgan fingerprint density at radius 2 is 1.33 bits per heavy atom. The van der Waals surface area contributed by atoms with Crippen LogP contribution in [0.1, 0.15) is 26.3 Å². The fourth-order valence-corrected chi connectivity index (χ4v) is 3.24. The van der Waals surface area contributed by atoms with E-state index in [9.17, 15) is 24.5 Å². The summed E-state index contributed by atoms with van der Waals surface area (Å²) in [6, 6.07) is 19.5. The predicted octanol–water partition coefficient (Wildman–Crippen LogP) is 4.03. The van der Waals surface area contributed by atoms with E-state index >= 15 is 0 Å². The van der Waals surface area contributed by atoms with Crippen molar-refractivity contribution in [2.24, 2.45) is 0 Å². The zero-order valence-electron chi connectivity index (χ0n) is 15.4. The highest BCUT2D eigenvalue weighted by molar-refractivity contribution is 6.46. The van der Waals surface area contributed by atoms with Crippen LogP contribution in [-0.4, -0.2) is 22.5 Å². The summed E-state index contributed by atoms with van der Waals surface area (Å²) >= 11 is 0. The number of Topliss-reactive ketones (excluding diaryl/α,β-unsaturated/α-hetero) is 2. The predicted molar refractivity (Wildman–Crippen MR) is 107 cm³/mol. The standard InChI is InChI=1S/C23H13NO6/c25-21-17-8-4-5-9-18(17)22(26)20(19(21)14-6-2-1-3-7-14)23(27)30-16-12-10-15(11-13-16)24(28)29/h1-13H.